The van der Waals surface area contributed by atoms with Crippen LogP contribution < -0.4 is 25.2 Å². The van der Waals surface area contributed by atoms with Gasteiger partial charge in [0.1, 0.15) is 5.75 Å². The first kappa shape index (κ1) is 21.9. The van der Waals surface area contributed by atoms with Crippen LogP contribution >= 0.6 is 0 Å². The van der Waals surface area contributed by atoms with Crippen molar-refractivity contribution in [2.45, 2.75) is 19.3 Å². The number of carbonyl (C=O) groups is 2. The van der Waals surface area contributed by atoms with Gasteiger partial charge < -0.3 is 15.5 Å². The third-order valence-electron chi connectivity index (χ3n) is 5.48. The zero-order valence-corrected chi connectivity index (χ0v) is 18.5. The molecule has 0 aromatic heterocycles. The third kappa shape index (κ3) is 5.50. The standard InChI is InChI=1S/C22H27N5O4S/c28-21(24-18-5-4-6-20(15-18)27-14-11-23-22(27)29)16-32(30,31)25-17-7-9-19(10-8-17)26-12-2-1-3-13-26/h4-10,15,25H,1-3,11-14,16H2,(H,23,29)(H,24,28). The maximum absolute atomic E-state index is 12.5. The molecule has 3 amide bonds. The number of urea groups is 1. The molecule has 0 aliphatic carbocycles. The van der Waals surface area contributed by atoms with Crippen LogP contribution in [0.1, 0.15) is 19.3 Å². The summed E-state index contributed by atoms with van der Waals surface area (Å²) in [5, 5.41) is 5.31. The van der Waals surface area contributed by atoms with Crippen LogP contribution in [0.3, 0.4) is 0 Å². The molecule has 0 spiro atoms. The Morgan fingerprint density at radius 1 is 0.938 bits per heavy atom. The molecule has 2 fully saturated rings. The van der Waals surface area contributed by atoms with Gasteiger partial charge in [-0.05, 0) is 61.7 Å². The number of nitrogens with one attached hydrogen (secondary N) is 3. The van der Waals surface area contributed by atoms with Crippen molar-refractivity contribution in [2.75, 3.05) is 51.8 Å². The van der Waals surface area contributed by atoms with Crippen molar-refractivity contribution in [3.63, 3.8) is 0 Å². The van der Waals surface area contributed by atoms with Crippen LogP contribution in [0, 0.1) is 0 Å². The second-order valence-electron chi connectivity index (χ2n) is 7.94. The summed E-state index contributed by atoms with van der Waals surface area (Å²) in [5.74, 6) is -1.37. The molecule has 2 saturated heterocycles. The number of benzene rings is 2. The summed E-state index contributed by atoms with van der Waals surface area (Å²) in [5.41, 5.74) is 2.54. The van der Waals surface area contributed by atoms with Gasteiger partial charge in [-0.25, -0.2) is 13.2 Å². The summed E-state index contributed by atoms with van der Waals surface area (Å²) < 4.78 is 27.4. The van der Waals surface area contributed by atoms with E-state index in [0.717, 1.165) is 31.6 Å². The number of sulfonamides is 1. The monoisotopic (exact) mass is 457 g/mol. The van der Waals surface area contributed by atoms with Crippen molar-refractivity contribution in [3.8, 4) is 0 Å². The lowest BCUT2D eigenvalue weighted by molar-refractivity contribution is -0.113. The van der Waals surface area contributed by atoms with Gasteiger partial charge in [0.2, 0.25) is 15.9 Å². The average molecular weight is 458 g/mol. The van der Waals surface area contributed by atoms with E-state index in [1.165, 1.54) is 6.42 Å². The highest BCUT2D eigenvalue weighted by Crippen LogP contribution is 2.23. The van der Waals surface area contributed by atoms with Crippen molar-refractivity contribution in [2.24, 2.45) is 0 Å². The van der Waals surface area contributed by atoms with E-state index in [9.17, 15) is 18.0 Å². The molecule has 32 heavy (non-hydrogen) atoms. The summed E-state index contributed by atoms with van der Waals surface area (Å²) in [7, 11) is -3.88. The number of nitrogens with zero attached hydrogens (tertiary/aromatic N) is 2. The topological polar surface area (TPSA) is 111 Å². The minimum atomic E-state index is -3.88. The Bertz CT molecular complexity index is 1080. The molecule has 0 saturated carbocycles. The molecule has 2 aromatic rings. The fourth-order valence-electron chi connectivity index (χ4n) is 3.95. The van der Waals surface area contributed by atoms with E-state index in [1.54, 1.807) is 41.3 Å². The van der Waals surface area contributed by atoms with Crippen LogP contribution in [-0.2, 0) is 14.8 Å². The van der Waals surface area contributed by atoms with Gasteiger partial charge in [-0.15, -0.1) is 0 Å². The van der Waals surface area contributed by atoms with E-state index in [1.807, 2.05) is 12.1 Å². The molecule has 10 heteroatoms. The first-order valence-electron chi connectivity index (χ1n) is 10.7. The number of hydrogen-bond donors (Lipinski definition) is 3. The fraction of sp³-hybridized carbons (Fsp3) is 0.364. The maximum Gasteiger partial charge on any atom is 0.321 e. The van der Waals surface area contributed by atoms with E-state index in [2.05, 4.69) is 20.3 Å². The highest BCUT2D eigenvalue weighted by molar-refractivity contribution is 7.93. The van der Waals surface area contributed by atoms with Crippen LogP contribution in [0.25, 0.3) is 0 Å². The Morgan fingerprint density at radius 3 is 2.38 bits per heavy atom. The molecule has 170 valence electrons. The SMILES string of the molecule is O=C(CS(=O)(=O)Nc1ccc(N2CCCCC2)cc1)Nc1cccc(N2CCNC2=O)c1. The van der Waals surface area contributed by atoms with Crippen molar-refractivity contribution in [1.82, 2.24) is 5.32 Å². The van der Waals surface area contributed by atoms with E-state index >= 15 is 0 Å². The van der Waals surface area contributed by atoms with Gasteiger partial charge in [0.25, 0.3) is 0 Å². The fourth-order valence-corrected chi connectivity index (χ4v) is 4.93. The third-order valence-corrected chi connectivity index (χ3v) is 6.67. The second kappa shape index (κ2) is 9.47. The van der Waals surface area contributed by atoms with E-state index in [-0.39, 0.29) is 6.03 Å². The van der Waals surface area contributed by atoms with Gasteiger partial charge in [-0.2, -0.15) is 0 Å². The van der Waals surface area contributed by atoms with E-state index in [0.29, 0.717) is 30.2 Å². The Morgan fingerprint density at radius 2 is 1.69 bits per heavy atom. The van der Waals surface area contributed by atoms with Crippen LogP contribution in [0.5, 0.6) is 0 Å². The Hall–Kier alpha value is -3.27. The number of hydrogen-bond acceptors (Lipinski definition) is 5. The minimum Gasteiger partial charge on any atom is -0.372 e. The zero-order valence-electron chi connectivity index (χ0n) is 17.7. The molecule has 0 unspecified atom stereocenters. The van der Waals surface area contributed by atoms with Gasteiger partial charge in [0, 0.05) is 48.9 Å². The van der Waals surface area contributed by atoms with Crippen LogP contribution in [0.15, 0.2) is 48.5 Å². The molecule has 3 N–H and O–H groups in total. The van der Waals surface area contributed by atoms with Crippen LogP contribution in [-0.4, -0.2) is 52.3 Å². The molecule has 2 aromatic carbocycles. The first-order chi connectivity index (χ1) is 15.4. The lowest BCUT2D eigenvalue weighted by Gasteiger charge is -2.28. The van der Waals surface area contributed by atoms with Gasteiger partial charge in [0.15, 0.2) is 0 Å². The van der Waals surface area contributed by atoms with Crippen molar-refractivity contribution < 1.29 is 18.0 Å². The second-order valence-corrected chi connectivity index (χ2v) is 9.66. The minimum absolute atomic E-state index is 0.202. The van der Waals surface area contributed by atoms with Crippen LogP contribution in [0.2, 0.25) is 0 Å². The maximum atomic E-state index is 12.5. The molecular formula is C22H27N5O4S. The van der Waals surface area contributed by atoms with Gasteiger partial charge in [0.05, 0.1) is 0 Å². The number of anilines is 4. The van der Waals surface area contributed by atoms with Crippen LogP contribution in [0.4, 0.5) is 27.5 Å². The molecule has 2 aliphatic rings. The van der Waals surface area contributed by atoms with Gasteiger partial charge >= 0.3 is 6.03 Å². The Kier molecular flexibility index (Phi) is 6.50. The average Bonchev–Trinajstić information content (AvgIpc) is 3.20. The van der Waals surface area contributed by atoms with Gasteiger partial charge in [-0.1, -0.05) is 6.07 Å². The lowest BCUT2D eigenvalue weighted by atomic mass is 10.1. The predicted octanol–water partition coefficient (Wildman–Crippen LogP) is 2.59. The van der Waals surface area contributed by atoms with Crippen molar-refractivity contribution in [3.05, 3.63) is 48.5 Å². The summed E-state index contributed by atoms with van der Waals surface area (Å²) >= 11 is 0. The summed E-state index contributed by atoms with van der Waals surface area (Å²) in [6, 6.07) is 13.8. The summed E-state index contributed by atoms with van der Waals surface area (Å²) in [6.07, 6.45) is 3.57. The molecule has 9 nitrogen and oxygen atoms in total. The quantitative estimate of drug-likeness (QED) is 0.592. The first-order valence-corrected chi connectivity index (χ1v) is 12.4. The normalized spacial score (nSPS) is 16.6. The van der Waals surface area contributed by atoms with E-state index in [4.69, 9.17) is 0 Å². The molecule has 0 bridgehead atoms. The molecule has 4 rings (SSSR count). The molecular weight excluding hydrogens is 430 g/mol. The Labute approximate surface area is 187 Å². The summed E-state index contributed by atoms with van der Waals surface area (Å²) in [4.78, 5) is 28.0. The molecule has 2 aliphatic heterocycles. The van der Waals surface area contributed by atoms with Crippen molar-refractivity contribution >= 4 is 44.7 Å². The number of carbonyl (C=O) groups excluding carboxylic acids is 2. The molecule has 0 atom stereocenters. The van der Waals surface area contributed by atoms with Crippen molar-refractivity contribution in [1.29, 1.82) is 0 Å². The number of piperidine rings is 1. The Balaban J connectivity index is 1.34. The zero-order chi connectivity index (χ0) is 22.6. The predicted molar refractivity (Wildman–Crippen MR) is 126 cm³/mol. The largest absolute Gasteiger partial charge is 0.372 e. The lowest BCUT2D eigenvalue weighted by Crippen LogP contribution is -2.29. The highest BCUT2D eigenvalue weighted by atomic mass is 32.2. The number of amides is 3. The number of rotatable bonds is 7. The highest BCUT2D eigenvalue weighted by Gasteiger charge is 2.22. The summed E-state index contributed by atoms with van der Waals surface area (Å²) in [6.45, 7) is 3.10. The smallest absolute Gasteiger partial charge is 0.321 e. The molecule has 2 heterocycles. The van der Waals surface area contributed by atoms with E-state index < -0.39 is 21.7 Å². The van der Waals surface area contributed by atoms with Gasteiger partial charge in [-0.3, -0.25) is 14.4 Å². The molecule has 0 radical (unpaired) electrons.